The molecule has 5 nitrogen and oxygen atoms in total. The van der Waals surface area contributed by atoms with E-state index in [1.165, 1.54) is 37.0 Å². The number of piperidine rings is 1. The highest BCUT2D eigenvalue weighted by atomic mass is 127. The predicted molar refractivity (Wildman–Crippen MR) is 124 cm³/mol. The van der Waals surface area contributed by atoms with Crippen molar-refractivity contribution in [2.24, 2.45) is 4.99 Å². The molecule has 0 atom stereocenters. The summed E-state index contributed by atoms with van der Waals surface area (Å²) in [5, 5.41) is 3.40. The van der Waals surface area contributed by atoms with E-state index < -0.39 is 0 Å². The molecule has 3 rings (SSSR count). The maximum absolute atomic E-state index is 13.1. The van der Waals surface area contributed by atoms with Crippen molar-refractivity contribution >= 4 is 35.8 Å². The van der Waals surface area contributed by atoms with Crippen LogP contribution < -0.4 is 10.2 Å². The van der Waals surface area contributed by atoms with E-state index in [1.54, 1.807) is 19.2 Å². The van der Waals surface area contributed by atoms with Crippen molar-refractivity contribution < 1.29 is 4.39 Å². The molecule has 2 heterocycles. The molecule has 0 unspecified atom stereocenters. The van der Waals surface area contributed by atoms with E-state index >= 15 is 0 Å². The number of guanidine groups is 1. The molecule has 1 N–H and O–H groups in total. The highest BCUT2D eigenvalue weighted by Crippen LogP contribution is 2.18. The molecule has 0 amide bonds. The normalized spacial score (nSPS) is 14.4. The molecular weight excluding hydrogens is 468 g/mol. The van der Waals surface area contributed by atoms with Gasteiger partial charge in [0.25, 0.3) is 0 Å². The first-order valence-corrected chi connectivity index (χ1v) is 9.52. The molecule has 0 radical (unpaired) electrons. The monoisotopic (exact) mass is 497 g/mol. The van der Waals surface area contributed by atoms with Crippen LogP contribution in [-0.4, -0.2) is 43.0 Å². The van der Waals surface area contributed by atoms with Crippen LogP contribution in [0.5, 0.6) is 0 Å². The second-order valence-electron chi connectivity index (χ2n) is 6.95. The van der Waals surface area contributed by atoms with Crippen molar-refractivity contribution in [2.75, 3.05) is 32.1 Å². The van der Waals surface area contributed by atoms with E-state index in [4.69, 9.17) is 0 Å². The third-order valence-electron chi connectivity index (χ3n) is 4.85. The lowest BCUT2D eigenvalue weighted by molar-refractivity contribution is 0.476. The molecule has 0 bridgehead atoms. The molecule has 28 heavy (non-hydrogen) atoms. The van der Waals surface area contributed by atoms with Gasteiger partial charge in [-0.05, 0) is 54.7 Å². The van der Waals surface area contributed by atoms with Gasteiger partial charge in [0.1, 0.15) is 11.6 Å². The van der Waals surface area contributed by atoms with Gasteiger partial charge in [-0.25, -0.2) is 9.37 Å². The number of aromatic nitrogens is 1. The van der Waals surface area contributed by atoms with Gasteiger partial charge in [0.15, 0.2) is 5.96 Å². The highest BCUT2D eigenvalue weighted by Gasteiger charge is 2.13. The summed E-state index contributed by atoms with van der Waals surface area (Å²) in [6.07, 6.45) is 5.68. The van der Waals surface area contributed by atoms with Crippen molar-refractivity contribution in [1.82, 2.24) is 15.2 Å². The first-order valence-electron chi connectivity index (χ1n) is 9.52. The van der Waals surface area contributed by atoms with Crippen LogP contribution in [0.4, 0.5) is 10.2 Å². The second-order valence-corrected chi connectivity index (χ2v) is 6.95. The standard InChI is InChI=1S/C21H28FN5.HI/c1-23-21(26(2)16-17-6-8-19(22)9-7-17)25-15-18-10-11-24-20(14-18)27-12-4-3-5-13-27;/h6-11,14H,3-5,12-13,15-16H2,1-2H3,(H,23,25);1H. The lowest BCUT2D eigenvalue weighted by Crippen LogP contribution is -2.38. The summed E-state index contributed by atoms with van der Waals surface area (Å²) in [5.74, 6) is 1.64. The summed E-state index contributed by atoms with van der Waals surface area (Å²) in [6.45, 7) is 3.52. The number of halogens is 2. The Hall–Kier alpha value is -1.90. The summed E-state index contributed by atoms with van der Waals surface area (Å²) in [5.41, 5.74) is 2.22. The number of benzene rings is 1. The number of rotatable bonds is 5. The zero-order valence-electron chi connectivity index (χ0n) is 16.6. The lowest BCUT2D eigenvalue weighted by Gasteiger charge is -2.28. The molecule has 1 aromatic heterocycles. The van der Waals surface area contributed by atoms with E-state index in [0.717, 1.165) is 30.4 Å². The predicted octanol–water partition coefficient (Wildman–Crippen LogP) is 4.04. The van der Waals surface area contributed by atoms with Gasteiger partial charge in [0.05, 0.1) is 0 Å². The summed E-state index contributed by atoms with van der Waals surface area (Å²) in [4.78, 5) is 13.3. The Kier molecular flexibility index (Phi) is 8.95. The Labute approximate surface area is 184 Å². The quantitative estimate of drug-likeness (QED) is 0.385. The summed E-state index contributed by atoms with van der Waals surface area (Å²) in [6, 6.07) is 10.8. The smallest absolute Gasteiger partial charge is 0.193 e. The highest BCUT2D eigenvalue weighted by molar-refractivity contribution is 14.0. The number of hydrogen-bond acceptors (Lipinski definition) is 3. The van der Waals surface area contributed by atoms with Crippen molar-refractivity contribution in [3.63, 3.8) is 0 Å². The van der Waals surface area contributed by atoms with Crippen LogP contribution in [0.3, 0.4) is 0 Å². The number of pyridine rings is 1. The van der Waals surface area contributed by atoms with Gasteiger partial charge >= 0.3 is 0 Å². The fourth-order valence-electron chi connectivity index (χ4n) is 3.37. The Morgan fingerprint density at radius 2 is 1.86 bits per heavy atom. The van der Waals surface area contributed by atoms with Gasteiger partial charge in [0.2, 0.25) is 0 Å². The minimum Gasteiger partial charge on any atom is -0.357 e. The van der Waals surface area contributed by atoms with Crippen LogP contribution in [0.2, 0.25) is 0 Å². The van der Waals surface area contributed by atoms with Crippen LogP contribution in [0, 0.1) is 5.82 Å². The summed E-state index contributed by atoms with van der Waals surface area (Å²) < 4.78 is 13.1. The minimum atomic E-state index is -0.217. The molecule has 1 saturated heterocycles. The Morgan fingerprint density at radius 1 is 1.14 bits per heavy atom. The summed E-state index contributed by atoms with van der Waals surface area (Å²) >= 11 is 0. The zero-order valence-corrected chi connectivity index (χ0v) is 18.9. The van der Waals surface area contributed by atoms with Crippen LogP contribution in [0.15, 0.2) is 47.6 Å². The molecule has 7 heteroatoms. The molecule has 1 fully saturated rings. The lowest BCUT2D eigenvalue weighted by atomic mass is 10.1. The number of aliphatic imine (C=N–C) groups is 1. The van der Waals surface area contributed by atoms with E-state index in [-0.39, 0.29) is 29.8 Å². The SMILES string of the molecule is CN=C(NCc1ccnc(N2CCCCC2)c1)N(C)Cc1ccc(F)cc1.I. The largest absolute Gasteiger partial charge is 0.357 e. The van der Waals surface area contributed by atoms with E-state index in [2.05, 4.69) is 26.3 Å². The van der Waals surface area contributed by atoms with E-state index in [1.807, 2.05) is 24.2 Å². The second kappa shape index (κ2) is 11.2. The van der Waals surface area contributed by atoms with Crippen molar-refractivity contribution in [2.45, 2.75) is 32.4 Å². The molecular formula is C21H29FIN5. The van der Waals surface area contributed by atoms with E-state index in [9.17, 15) is 4.39 Å². The molecule has 2 aromatic rings. The first-order chi connectivity index (χ1) is 13.2. The van der Waals surface area contributed by atoms with Gasteiger partial charge in [-0.3, -0.25) is 4.99 Å². The van der Waals surface area contributed by atoms with Gasteiger partial charge in [0, 0.05) is 46.5 Å². The van der Waals surface area contributed by atoms with Gasteiger partial charge < -0.3 is 15.1 Å². The fraction of sp³-hybridized carbons (Fsp3) is 0.429. The van der Waals surface area contributed by atoms with Crippen LogP contribution in [0.1, 0.15) is 30.4 Å². The maximum atomic E-state index is 13.1. The van der Waals surface area contributed by atoms with Crippen LogP contribution >= 0.6 is 24.0 Å². The molecule has 0 aliphatic carbocycles. The van der Waals surface area contributed by atoms with Crippen molar-refractivity contribution in [3.8, 4) is 0 Å². The average Bonchev–Trinajstić information content (AvgIpc) is 2.71. The Morgan fingerprint density at radius 3 is 2.54 bits per heavy atom. The van der Waals surface area contributed by atoms with Crippen molar-refractivity contribution in [3.05, 3.63) is 59.5 Å². The average molecular weight is 497 g/mol. The van der Waals surface area contributed by atoms with Gasteiger partial charge in [-0.15, -0.1) is 24.0 Å². The zero-order chi connectivity index (χ0) is 19.1. The van der Waals surface area contributed by atoms with Crippen molar-refractivity contribution in [1.29, 1.82) is 0 Å². The summed E-state index contributed by atoms with van der Waals surface area (Å²) in [7, 11) is 3.75. The number of hydrogen-bond donors (Lipinski definition) is 1. The molecule has 1 aromatic carbocycles. The fourth-order valence-corrected chi connectivity index (χ4v) is 3.37. The Bertz CT molecular complexity index is 760. The molecule has 0 spiro atoms. The van der Waals surface area contributed by atoms with Gasteiger partial charge in [-0.2, -0.15) is 0 Å². The molecule has 0 saturated carbocycles. The first kappa shape index (κ1) is 22.4. The third-order valence-corrected chi connectivity index (χ3v) is 4.85. The number of anilines is 1. The van der Waals surface area contributed by atoms with Crippen LogP contribution in [0.25, 0.3) is 0 Å². The molecule has 1 aliphatic rings. The topological polar surface area (TPSA) is 43.8 Å². The van der Waals surface area contributed by atoms with Crippen LogP contribution in [-0.2, 0) is 13.1 Å². The number of nitrogens with zero attached hydrogens (tertiary/aromatic N) is 4. The Balaban J connectivity index is 0.00000280. The number of nitrogens with one attached hydrogen (secondary N) is 1. The minimum absolute atomic E-state index is 0. The molecule has 1 aliphatic heterocycles. The molecule has 152 valence electrons. The maximum Gasteiger partial charge on any atom is 0.193 e. The van der Waals surface area contributed by atoms with Gasteiger partial charge in [-0.1, -0.05) is 12.1 Å². The van der Waals surface area contributed by atoms with E-state index in [0.29, 0.717) is 13.1 Å². The third kappa shape index (κ3) is 6.32.